The molecule has 0 amide bonds. The number of anilines is 1. The maximum Gasteiger partial charge on any atom is 0.227 e. The van der Waals surface area contributed by atoms with Gasteiger partial charge >= 0.3 is 0 Å². The van der Waals surface area contributed by atoms with E-state index in [4.69, 9.17) is 9.97 Å². The molecular weight excluding hydrogens is 402 g/mol. The Morgan fingerprint density at radius 2 is 0.818 bits per heavy atom. The van der Waals surface area contributed by atoms with Gasteiger partial charge in [-0.1, -0.05) is 121 Å². The standard InChI is InChI=1S/C30H25N3/c1-5-13-24(14-6-1)22-33(23-25-15-7-2-8-16-25)30-31-28(26-17-9-3-10-18-26)21-29(32-30)27-19-11-4-12-20-27/h1-21H,22-23H2. The van der Waals surface area contributed by atoms with Crippen molar-refractivity contribution >= 4 is 5.95 Å². The number of hydrogen-bond acceptors (Lipinski definition) is 3. The largest absolute Gasteiger partial charge is 0.332 e. The van der Waals surface area contributed by atoms with Crippen LogP contribution in [0, 0.1) is 0 Å². The Balaban J connectivity index is 1.62. The first-order valence-electron chi connectivity index (χ1n) is 11.2. The number of hydrogen-bond donors (Lipinski definition) is 0. The molecule has 160 valence electrons. The van der Waals surface area contributed by atoms with Crippen molar-refractivity contribution in [1.82, 2.24) is 9.97 Å². The molecule has 0 fully saturated rings. The average Bonchev–Trinajstić information content (AvgIpc) is 2.90. The fraction of sp³-hybridized carbons (Fsp3) is 0.0667. The van der Waals surface area contributed by atoms with Crippen LogP contribution in [0.2, 0.25) is 0 Å². The van der Waals surface area contributed by atoms with E-state index in [0.717, 1.165) is 41.6 Å². The Bertz CT molecular complexity index is 1190. The fourth-order valence-electron chi connectivity index (χ4n) is 3.89. The molecular formula is C30H25N3. The van der Waals surface area contributed by atoms with Gasteiger partial charge < -0.3 is 4.90 Å². The van der Waals surface area contributed by atoms with Gasteiger partial charge in [-0.15, -0.1) is 0 Å². The van der Waals surface area contributed by atoms with Gasteiger partial charge in [0.2, 0.25) is 5.95 Å². The molecule has 4 aromatic carbocycles. The van der Waals surface area contributed by atoms with Gasteiger partial charge in [0.1, 0.15) is 0 Å². The Labute approximate surface area is 195 Å². The van der Waals surface area contributed by atoms with Gasteiger partial charge in [-0.25, -0.2) is 9.97 Å². The smallest absolute Gasteiger partial charge is 0.227 e. The van der Waals surface area contributed by atoms with Crippen LogP contribution < -0.4 is 4.90 Å². The zero-order valence-electron chi connectivity index (χ0n) is 18.4. The molecule has 0 aliphatic carbocycles. The van der Waals surface area contributed by atoms with E-state index in [1.807, 2.05) is 48.5 Å². The first-order valence-corrected chi connectivity index (χ1v) is 11.2. The first kappa shape index (κ1) is 20.7. The molecule has 1 heterocycles. The number of benzene rings is 4. The van der Waals surface area contributed by atoms with Crippen LogP contribution in [-0.4, -0.2) is 9.97 Å². The molecule has 0 saturated carbocycles. The normalized spacial score (nSPS) is 10.7. The van der Waals surface area contributed by atoms with Gasteiger partial charge in [-0.3, -0.25) is 0 Å². The first-order chi connectivity index (χ1) is 16.3. The van der Waals surface area contributed by atoms with Crippen molar-refractivity contribution in [3.05, 3.63) is 139 Å². The molecule has 0 radical (unpaired) electrons. The van der Waals surface area contributed by atoms with Gasteiger partial charge in [0.15, 0.2) is 0 Å². The minimum Gasteiger partial charge on any atom is -0.332 e. The summed E-state index contributed by atoms with van der Waals surface area (Å²) in [5.74, 6) is 0.725. The predicted molar refractivity (Wildman–Crippen MR) is 136 cm³/mol. The van der Waals surface area contributed by atoms with Crippen LogP contribution in [0.15, 0.2) is 127 Å². The molecule has 3 heteroatoms. The molecule has 0 unspecified atom stereocenters. The lowest BCUT2D eigenvalue weighted by Gasteiger charge is -2.24. The molecule has 33 heavy (non-hydrogen) atoms. The third-order valence-electron chi connectivity index (χ3n) is 5.57. The molecule has 3 nitrogen and oxygen atoms in total. The van der Waals surface area contributed by atoms with E-state index in [0.29, 0.717) is 0 Å². The molecule has 0 spiro atoms. The SMILES string of the molecule is c1ccc(CN(Cc2ccccc2)c2nc(-c3ccccc3)cc(-c3ccccc3)n2)cc1. The lowest BCUT2D eigenvalue weighted by atomic mass is 10.1. The topological polar surface area (TPSA) is 29.0 Å². The second-order valence-electron chi connectivity index (χ2n) is 8.00. The summed E-state index contributed by atoms with van der Waals surface area (Å²) < 4.78 is 0. The molecule has 1 aromatic heterocycles. The number of nitrogens with zero attached hydrogens (tertiary/aromatic N) is 3. The molecule has 0 bridgehead atoms. The van der Waals surface area contributed by atoms with E-state index < -0.39 is 0 Å². The summed E-state index contributed by atoms with van der Waals surface area (Å²) in [7, 11) is 0. The Morgan fingerprint density at radius 3 is 1.21 bits per heavy atom. The monoisotopic (exact) mass is 427 g/mol. The summed E-state index contributed by atoms with van der Waals surface area (Å²) >= 11 is 0. The van der Waals surface area contributed by atoms with Crippen LogP contribution in [0.25, 0.3) is 22.5 Å². The zero-order chi connectivity index (χ0) is 22.3. The van der Waals surface area contributed by atoms with E-state index >= 15 is 0 Å². The maximum absolute atomic E-state index is 5.04. The van der Waals surface area contributed by atoms with Crippen molar-refractivity contribution in [2.75, 3.05) is 4.90 Å². The average molecular weight is 428 g/mol. The van der Waals surface area contributed by atoms with Gasteiger partial charge in [0.25, 0.3) is 0 Å². The van der Waals surface area contributed by atoms with E-state index in [9.17, 15) is 0 Å². The summed E-state index contributed by atoms with van der Waals surface area (Å²) in [5.41, 5.74) is 6.46. The van der Waals surface area contributed by atoms with Crippen molar-refractivity contribution < 1.29 is 0 Å². The Hall–Kier alpha value is -4.24. The number of aromatic nitrogens is 2. The highest BCUT2D eigenvalue weighted by Gasteiger charge is 2.16. The molecule has 0 aliphatic heterocycles. The van der Waals surface area contributed by atoms with Crippen LogP contribution >= 0.6 is 0 Å². The zero-order valence-corrected chi connectivity index (χ0v) is 18.4. The third kappa shape index (κ3) is 5.16. The summed E-state index contributed by atoms with van der Waals surface area (Å²) in [6, 6.07) is 43.7. The highest BCUT2D eigenvalue weighted by molar-refractivity contribution is 5.69. The second-order valence-corrected chi connectivity index (χ2v) is 8.00. The maximum atomic E-state index is 5.04. The molecule has 5 aromatic rings. The Kier molecular flexibility index (Phi) is 6.21. The predicted octanol–water partition coefficient (Wildman–Crippen LogP) is 7.02. The minimum atomic E-state index is 0.724. The fourth-order valence-corrected chi connectivity index (χ4v) is 3.89. The second kappa shape index (κ2) is 9.92. The van der Waals surface area contributed by atoms with E-state index in [2.05, 4.69) is 83.8 Å². The van der Waals surface area contributed by atoms with Crippen molar-refractivity contribution in [2.24, 2.45) is 0 Å². The quantitative estimate of drug-likeness (QED) is 0.279. The van der Waals surface area contributed by atoms with Crippen LogP contribution in [0.5, 0.6) is 0 Å². The van der Waals surface area contributed by atoms with Gasteiger partial charge in [-0.2, -0.15) is 0 Å². The number of rotatable bonds is 7. The lowest BCUT2D eigenvalue weighted by molar-refractivity contribution is 0.765. The summed E-state index contributed by atoms with van der Waals surface area (Å²) in [5, 5.41) is 0. The van der Waals surface area contributed by atoms with E-state index in [1.165, 1.54) is 11.1 Å². The lowest BCUT2D eigenvalue weighted by Crippen LogP contribution is -2.24. The summed E-state index contributed by atoms with van der Waals surface area (Å²) in [4.78, 5) is 12.3. The Morgan fingerprint density at radius 1 is 0.455 bits per heavy atom. The van der Waals surface area contributed by atoms with Crippen molar-refractivity contribution in [2.45, 2.75) is 13.1 Å². The van der Waals surface area contributed by atoms with Crippen LogP contribution in [0.1, 0.15) is 11.1 Å². The highest BCUT2D eigenvalue weighted by atomic mass is 15.2. The molecule has 0 saturated heterocycles. The molecule has 5 rings (SSSR count). The van der Waals surface area contributed by atoms with Gasteiger partial charge in [-0.05, 0) is 17.2 Å². The van der Waals surface area contributed by atoms with Crippen molar-refractivity contribution in [3.63, 3.8) is 0 Å². The van der Waals surface area contributed by atoms with Gasteiger partial charge in [0, 0.05) is 24.2 Å². The van der Waals surface area contributed by atoms with Gasteiger partial charge in [0.05, 0.1) is 11.4 Å². The third-order valence-corrected chi connectivity index (χ3v) is 5.57. The van der Waals surface area contributed by atoms with E-state index in [1.54, 1.807) is 0 Å². The van der Waals surface area contributed by atoms with Crippen molar-refractivity contribution in [3.8, 4) is 22.5 Å². The van der Waals surface area contributed by atoms with E-state index in [-0.39, 0.29) is 0 Å². The van der Waals surface area contributed by atoms with Crippen molar-refractivity contribution in [1.29, 1.82) is 0 Å². The summed E-state index contributed by atoms with van der Waals surface area (Å²) in [6.45, 7) is 1.45. The minimum absolute atomic E-state index is 0.724. The molecule has 0 aliphatic rings. The molecule has 0 atom stereocenters. The summed E-state index contributed by atoms with van der Waals surface area (Å²) in [6.07, 6.45) is 0. The van der Waals surface area contributed by atoms with Crippen LogP contribution in [0.4, 0.5) is 5.95 Å². The highest BCUT2D eigenvalue weighted by Crippen LogP contribution is 2.27. The van der Waals surface area contributed by atoms with Crippen LogP contribution in [-0.2, 0) is 13.1 Å². The van der Waals surface area contributed by atoms with Crippen LogP contribution in [0.3, 0.4) is 0 Å². The molecule has 0 N–H and O–H groups in total.